The quantitative estimate of drug-likeness (QED) is 0.571. The zero-order valence-corrected chi connectivity index (χ0v) is 18.1. The Morgan fingerprint density at radius 3 is 2.61 bits per heavy atom. The van der Waals surface area contributed by atoms with Crippen LogP contribution in [0.1, 0.15) is 53.8 Å². The topological polar surface area (TPSA) is 72.6 Å². The normalized spacial score (nSPS) is 22.7. The van der Waals surface area contributed by atoms with Gasteiger partial charge in [-0.1, -0.05) is 31.5 Å². The molecule has 1 saturated carbocycles. The van der Waals surface area contributed by atoms with Crippen LogP contribution in [0.15, 0.2) is 36.7 Å². The summed E-state index contributed by atoms with van der Waals surface area (Å²) < 4.78 is 44.2. The Morgan fingerprint density at radius 1 is 1.18 bits per heavy atom. The first-order valence-corrected chi connectivity index (χ1v) is 11.2. The van der Waals surface area contributed by atoms with E-state index >= 15 is 0 Å². The van der Waals surface area contributed by atoms with E-state index < -0.39 is 6.36 Å². The fraction of sp³-hybridized carbons (Fsp3) is 0.478. The van der Waals surface area contributed by atoms with Gasteiger partial charge in [-0.25, -0.2) is 9.50 Å². The van der Waals surface area contributed by atoms with Gasteiger partial charge in [-0.05, 0) is 54.2 Å². The van der Waals surface area contributed by atoms with Crippen LogP contribution in [-0.2, 0) is 6.42 Å². The van der Waals surface area contributed by atoms with Crippen LogP contribution in [0.25, 0.3) is 5.78 Å². The van der Waals surface area contributed by atoms with Gasteiger partial charge in [0, 0.05) is 25.5 Å². The Labute approximate surface area is 188 Å². The van der Waals surface area contributed by atoms with E-state index in [1.54, 1.807) is 33.8 Å². The second kappa shape index (κ2) is 8.31. The molecule has 0 radical (unpaired) electrons. The summed E-state index contributed by atoms with van der Waals surface area (Å²) in [4.78, 5) is 23.4. The first kappa shape index (κ1) is 21.7. The molecule has 1 amide bonds. The molecular formula is C23H24F3N5O2. The van der Waals surface area contributed by atoms with Gasteiger partial charge in [-0.3, -0.25) is 4.79 Å². The molecule has 2 aliphatic rings. The van der Waals surface area contributed by atoms with Crippen molar-refractivity contribution < 1.29 is 22.7 Å². The van der Waals surface area contributed by atoms with Gasteiger partial charge in [0.2, 0.25) is 5.82 Å². The van der Waals surface area contributed by atoms with Crippen LogP contribution in [0.4, 0.5) is 13.2 Å². The number of benzene rings is 1. The summed E-state index contributed by atoms with van der Waals surface area (Å²) in [7, 11) is 0. The minimum absolute atomic E-state index is 0.0229. The molecule has 0 bridgehead atoms. The highest BCUT2D eigenvalue weighted by atomic mass is 19.4. The van der Waals surface area contributed by atoms with Crippen molar-refractivity contribution in [2.45, 2.75) is 44.9 Å². The minimum atomic E-state index is -4.72. The van der Waals surface area contributed by atoms with E-state index in [1.165, 1.54) is 6.07 Å². The number of hydrogen-bond donors (Lipinski definition) is 0. The molecule has 3 heterocycles. The molecule has 1 aromatic carbocycles. The molecule has 1 aliphatic carbocycles. The SMILES string of the molecule is CCCc1cnc2nc(C(=O)N3C[C@H]4CC(c5ccccc5OC(F)(F)F)C[C@H]4C3)nn2c1. The number of alkyl halides is 3. The van der Waals surface area contributed by atoms with Crippen LogP contribution in [0.2, 0.25) is 0 Å². The van der Waals surface area contributed by atoms with E-state index in [0.29, 0.717) is 37.3 Å². The molecule has 1 saturated heterocycles. The Kier molecular flexibility index (Phi) is 5.46. The van der Waals surface area contributed by atoms with E-state index in [1.807, 2.05) is 6.20 Å². The Morgan fingerprint density at radius 2 is 1.91 bits per heavy atom. The summed E-state index contributed by atoms with van der Waals surface area (Å²) in [5, 5.41) is 4.33. The summed E-state index contributed by atoms with van der Waals surface area (Å²) in [6.45, 7) is 3.18. The third kappa shape index (κ3) is 4.38. The number of nitrogens with zero attached hydrogens (tertiary/aromatic N) is 5. The zero-order chi connectivity index (χ0) is 23.2. The van der Waals surface area contributed by atoms with Gasteiger partial charge in [-0.2, -0.15) is 4.98 Å². The van der Waals surface area contributed by atoms with Gasteiger partial charge in [0.25, 0.3) is 11.7 Å². The fourth-order valence-corrected chi connectivity index (χ4v) is 5.23. The number of rotatable bonds is 5. The maximum Gasteiger partial charge on any atom is 0.573 e. The van der Waals surface area contributed by atoms with Crippen LogP contribution in [0.5, 0.6) is 5.75 Å². The summed E-state index contributed by atoms with van der Waals surface area (Å²) in [5.41, 5.74) is 1.61. The number of carbonyl (C=O) groups is 1. The lowest BCUT2D eigenvalue weighted by Gasteiger charge is -2.20. The number of aromatic nitrogens is 4. The highest BCUT2D eigenvalue weighted by Crippen LogP contribution is 2.48. The Hall–Kier alpha value is -3.17. The van der Waals surface area contributed by atoms with Crippen molar-refractivity contribution in [2.75, 3.05) is 13.1 Å². The van der Waals surface area contributed by atoms with Gasteiger partial charge in [0.05, 0.1) is 0 Å². The maximum absolute atomic E-state index is 13.0. The van der Waals surface area contributed by atoms with E-state index in [2.05, 4.69) is 26.7 Å². The number of hydrogen-bond acceptors (Lipinski definition) is 5. The number of amides is 1. The molecule has 33 heavy (non-hydrogen) atoms. The zero-order valence-electron chi connectivity index (χ0n) is 18.1. The third-order valence-corrected chi connectivity index (χ3v) is 6.60. The number of likely N-dealkylation sites (tertiary alicyclic amines) is 1. The first-order chi connectivity index (χ1) is 15.8. The van der Waals surface area contributed by atoms with Gasteiger partial charge in [0.1, 0.15) is 5.75 Å². The van der Waals surface area contributed by atoms with Crippen LogP contribution in [-0.4, -0.2) is 49.8 Å². The van der Waals surface area contributed by atoms with Gasteiger partial charge in [-0.15, -0.1) is 18.3 Å². The predicted octanol–water partition coefficient (Wildman–Crippen LogP) is 4.24. The van der Waals surface area contributed by atoms with Gasteiger partial charge in [0.15, 0.2) is 0 Å². The first-order valence-electron chi connectivity index (χ1n) is 11.2. The number of carbonyl (C=O) groups excluding carboxylic acids is 1. The molecule has 2 fully saturated rings. The molecule has 174 valence electrons. The summed E-state index contributed by atoms with van der Waals surface area (Å²) in [6, 6.07) is 6.35. The van der Waals surface area contributed by atoms with Gasteiger partial charge >= 0.3 is 6.36 Å². The van der Waals surface area contributed by atoms with Crippen LogP contribution >= 0.6 is 0 Å². The Balaban J connectivity index is 1.27. The lowest BCUT2D eigenvalue weighted by Crippen LogP contribution is -2.30. The molecule has 5 rings (SSSR count). The smallest absolute Gasteiger partial charge is 0.405 e. The maximum atomic E-state index is 13.0. The number of para-hydroxylation sites is 1. The van der Waals surface area contributed by atoms with Crippen molar-refractivity contribution in [3.63, 3.8) is 0 Å². The van der Waals surface area contributed by atoms with Crippen molar-refractivity contribution in [3.8, 4) is 5.75 Å². The van der Waals surface area contributed by atoms with E-state index in [4.69, 9.17) is 0 Å². The van der Waals surface area contributed by atoms with Crippen molar-refractivity contribution in [2.24, 2.45) is 11.8 Å². The minimum Gasteiger partial charge on any atom is -0.405 e. The largest absolute Gasteiger partial charge is 0.573 e. The second-order valence-corrected chi connectivity index (χ2v) is 8.88. The molecule has 7 nitrogen and oxygen atoms in total. The average Bonchev–Trinajstić information content (AvgIpc) is 3.45. The molecule has 0 N–H and O–H groups in total. The van der Waals surface area contributed by atoms with Crippen molar-refractivity contribution >= 4 is 11.7 Å². The summed E-state index contributed by atoms with van der Waals surface area (Å²) >= 11 is 0. The molecule has 3 aromatic rings. The molecule has 3 atom stereocenters. The highest BCUT2D eigenvalue weighted by molar-refractivity contribution is 5.91. The highest BCUT2D eigenvalue weighted by Gasteiger charge is 2.44. The van der Waals surface area contributed by atoms with Gasteiger partial charge < -0.3 is 9.64 Å². The van der Waals surface area contributed by atoms with Crippen molar-refractivity contribution in [3.05, 3.63) is 53.6 Å². The molecule has 1 unspecified atom stereocenters. The molecule has 1 aliphatic heterocycles. The number of halogens is 3. The van der Waals surface area contributed by atoms with E-state index in [9.17, 15) is 18.0 Å². The van der Waals surface area contributed by atoms with E-state index in [0.717, 1.165) is 18.4 Å². The fourth-order valence-electron chi connectivity index (χ4n) is 5.23. The number of ether oxygens (including phenoxy) is 1. The molecule has 2 aromatic heterocycles. The van der Waals surface area contributed by atoms with Crippen LogP contribution in [0.3, 0.4) is 0 Å². The predicted molar refractivity (Wildman–Crippen MR) is 113 cm³/mol. The van der Waals surface area contributed by atoms with Crippen LogP contribution in [0, 0.1) is 11.8 Å². The lowest BCUT2D eigenvalue weighted by molar-refractivity contribution is -0.275. The Bertz CT molecular complexity index is 1160. The number of aryl methyl sites for hydroxylation is 1. The number of fused-ring (bicyclic) bond motifs is 2. The van der Waals surface area contributed by atoms with Crippen molar-refractivity contribution in [1.29, 1.82) is 0 Å². The lowest BCUT2D eigenvalue weighted by atomic mass is 9.95. The summed E-state index contributed by atoms with van der Waals surface area (Å²) in [6.07, 6.45) is 2.17. The second-order valence-electron chi connectivity index (χ2n) is 8.88. The summed E-state index contributed by atoms with van der Waals surface area (Å²) in [5.74, 6) is 0.574. The molecule has 10 heteroatoms. The molecule has 0 spiro atoms. The third-order valence-electron chi connectivity index (χ3n) is 6.60. The monoisotopic (exact) mass is 459 g/mol. The van der Waals surface area contributed by atoms with E-state index in [-0.39, 0.29) is 35.2 Å². The van der Waals surface area contributed by atoms with Crippen molar-refractivity contribution in [1.82, 2.24) is 24.5 Å². The molecular weight excluding hydrogens is 435 g/mol. The van der Waals surface area contributed by atoms with Crippen LogP contribution < -0.4 is 4.74 Å². The standard InChI is InChI=1S/C23H24F3N5O2/c1-2-5-14-10-27-22-28-20(29-31(22)11-14)21(32)30-12-16-8-15(9-17(16)13-30)18-6-3-4-7-19(18)33-23(24,25)26/h3-4,6-7,10-11,15-17H,2,5,8-9,12-13H2,1H3/t15?,16-,17+. The average molecular weight is 459 g/mol.